The molecule has 3 aromatic rings. The number of aliphatic hydroxyl groups is 1. The first kappa shape index (κ1) is 22.0. The molecular weight excluding hydrogens is 434 g/mol. The molecule has 1 atom stereocenters. The van der Waals surface area contributed by atoms with E-state index in [2.05, 4.69) is 6.92 Å². The molecule has 168 valence electrons. The lowest BCUT2D eigenvalue weighted by Crippen LogP contribution is -2.31. The number of fused-ring (bicyclic) bond motifs is 1. The quantitative estimate of drug-likeness (QED) is 0.341. The average Bonchev–Trinajstić information content (AvgIpc) is 3.45. The van der Waals surface area contributed by atoms with Gasteiger partial charge in [0.2, 0.25) is 5.78 Å². The third-order valence-corrected chi connectivity index (χ3v) is 5.79. The smallest absolute Gasteiger partial charge is 0.290 e. The standard InChI is InChI=1S/C24H24ClNO6/c1-4-5-6-9-26-20(16-8-7-13(2)31-16)19(22(28)24(26)29)21(27)17-11-14-10-15(25)12-18(30-3)23(14)32-17/h7-8,10-12,20,28H,4-6,9H2,1-3H3. The van der Waals surface area contributed by atoms with Crippen molar-refractivity contribution in [3.8, 4) is 5.75 Å². The number of aryl methyl sites for hydroxylation is 1. The van der Waals surface area contributed by atoms with Crippen molar-refractivity contribution in [2.45, 2.75) is 39.2 Å². The first-order chi connectivity index (χ1) is 15.3. The van der Waals surface area contributed by atoms with Gasteiger partial charge in [0.25, 0.3) is 5.91 Å². The van der Waals surface area contributed by atoms with Gasteiger partial charge in [0, 0.05) is 23.0 Å². The van der Waals surface area contributed by atoms with Gasteiger partial charge in [-0.15, -0.1) is 0 Å². The molecule has 1 amide bonds. The number of ether oxygens (including phenoxy) is 1. The topological polar surface area (TPSA) is 93.1 Å². The molecule has 32 heavy (non-hydrogen) atoms. The molecule has 8 heteroatoms. The number of hydrogen-bond acceptors (Lipinski definition) is 6. The van der Waals surface area contributed by atoms with Crippen molar-refractivity contribution in [2.24, 2.45) is 0 Å². The van der Waals surface area contributed by atoms with Gasteiger partial charge in [-0.1, -0.05) is 31.4 Å². The number of methoxy groups -OCH3 is 1. The largest absolute Gasteiger partial charge is 0.503 e. The molecule has 0 saturated carbocycles. The van der Waals surface area contributed by atoms with Crippen molar-refractivity contribution < 1.29 is 28.3 Å². The van der Waals surface area contributed by atoms with Crippen LogP contribution in [-0.4, -0.2) is 35.4 Å². The monoisotopic (exact) mass is 457 g/mol. The van der Waals surface area contributed by atoms with Gasteiger partial charge >= 0.3 is 0 Å². The molecule has 3 heterocycles. The van der Waals surface area contributed by atoms with E-state index in [1.165, 1.54) is 18.1 Å². The summed E-state index contributed by atoms with van der Waals surface area (Å²) in [6, 6.07) is 7.41. The van der Waals surface area contributed by atoms with Gasteiger partial charge in [-0.2, -0.15) is 0 Å². The number of unbranched alkanes of at least 4 members (excludes halogenated alkanes) is 2. The molecular formula is C24H24ClNO6. The molecule has 1 unspecified atom stereocenters. The number of amides is 1. The van der Waals surface area contributed by atoms with Crippen LogP contribution < -0.4 is 4.74 Å². The number of halogens is 1. The third kappa shape index (κ3) is 3.77. The summed E-state index contributed by atoms with van der Waals surface area (Å²) in [6.07, 6.45) is 2.64. The summed E-state index contributed by atoms with van der Waals surface area (Å²) >= 11 is 6.13. The molecule has 0 aliphatic carbocycles. The summed E-state index contributed by atoms with van der Waals surface area (Å²) in [4.78, 5) is 27.9. The maximum absolute atomic E-state index is 13.5. The van der Waals surface area contributed by atoms with E-state index in [0.29, 0.717) is 39.8 Å². The van der Waals surface area contributed by atoms with Crippen molar-refractivity contribution in [1.82, 2.24) is 4.90 Å². The Labute approximate surface area is 190 Å². The van der Waals surface area contributed by atoms with Crippen LogP contribution in [0.3, 0.4) is 0 Å². The SMILES string of the molecule is CCCCCN1C(=O)C(O)=C(C(=O)c2cc3cc(Cl)cc(OC)c3o2)C1c1ccc(C)o1. The number of nitrogens with zero attached hydrogens (tertiary/aromatic N) is 1. The zero-order chi connectivity index (χ0) is 23.0. The molecule has 0 saturated heterocycles. The Hall–Kier alpha value is -3.19. The van der Waals surface area contributed by atoms with E-state index in [4.69, 9.17) is 25.2 Å². The minimum Gasteiger partial charge on any atom is -0.503 e. The third-order valence-electron chi connectivity index (χ3n) is 5.57. The van der Waals surface area contributed by atoms with Crippen LogP contribution in [0.2, 0.25) is 5.02 Å². The zero-order valence-corrected chi connectivity index (χ0v) is 18.9. The molecule has 0 fully saturated rings. The van der Waals surface area contributed by atoms with Crippen molar-refractivity contribution >= 4 is 34.3 Å². The molecule has 4 rings (SSSR count). The fourth-order valence-electron chi connectivity index (χ4n) is 4.03. The molecule has 0 spiro atoms. The van der Waals surface area contributed by atoms with Crippen molar-refractivity contribution in [3.63, 3.8) is 0 Å². The highest BCUT2D eigenvalue weighted by molar-refractivity contribution is 6.31. The Balaban J connectivity index is 1.78. The van der Waals surface area contributed by atoms with Gasteiger partial charge in [-0.05, 0) is 37.6 Å². The maximum Gasteiger partial charge on any atom is 0.290 e. The van der Waals surface area contributed by atoms with Crippen molar-refractivity contribution in [2.75, 3.05) is 13.7 Å². The van der Waals surface area contributed by atoms with Crippen LogP contribution in [0.1, 0.15) is 54.3 Å². The molecule has 1 N–H and O–H groups in total. The number of Topliss-reactive ketones (excluding diaryl/α,β-unsaturated/α-hetero) is 1. The molecule has 0 bridgehead atoms. The van der Waals surface area contributed by atoms with E-state index in [9.17, 15) is 14.7 Å². The summed E-state index contributed by atoms with van der Waals surface area (Å²) in [7, 11) is 1.47. The molecule has 7 nitrogen and oxygen atoms in total. The minimum absolute atomic E-state index is 0.0291. The zero-order valence-electron chi connectivity index (χ0n) is 18.1. The second-order valence-corrected chi connectivity index (χ2v) is 8.22. The van der Waals surface area contributed by atoms with Crippen molar-refractivity contribution in [3.05, 3.63) is 64.0 Å². The van der Waals surface area contributed by atoms with Gasteiger partial charge in [-0.3, -0.25) is 9.59 Å². The van der Waals surface area contributed by atoms with Crippen LogP contribution in [0, 0.1) is 6.92 Å². The molecule has 0 radical (unpaired) electrons. The fourth-order valence-corrected chi connectivity index (χ4v) is 4.24. The minimum atomic E-state index is -0.834. The number of aliphatic hydroxyl groups excluding tert-OH is 1. The predicted octanol–water partition coefficient (Wildman–Crippen LogP) is 5.76. The first-order valence-electron chi connectivity index (χ1n) is 10.5. The number of benzene rings is 1. The Morgan fingerprint density at radius 1 is 1.22 bits per heavy atom. The van der Waals surface area contributed by atoms with E-state index in [-0.39, 0.29) is 11.3 Å². The van der Waals surface area contributed by atoms with Crippen LogP contribution in [0.5, 0.6) is 5.75 Å². The lowest BCUT2D eigenvalue weighted by atomic mass is 9.99. The summed E-state index contributed by atoms with van der Waals surface area (Å²) in [5.74, 6) is -0.373. The maximum atomic E-state index is 13.5. The number of rotatable bonds is 8. The van der Waals surface area contributed by atoms with Crippen LogP contribution in [-0.2, 0) is 4.79 Å². The number of carbonyl (C=O) groups is 2. The molecule has 2 aromatic heterocycles. The summed E-state index contributed by atoms with van der Waals surface area (Å²) in [6.45, 7) is 4.23. The highest BCUT2D eigenvalue weighted by atomic mass is 35.5. The summed E-state index contributed by atoms with van der Waals surface area (Å²) in [5.41, 5.74) is 0.292. The summed E-state index contributed by atoms with van der Waals surface area (Å²) < 4.78 is 16.9. The van der Waals surface area contributed by atoms with Gasteiger partial charge < -0.3 is 23.6 Å². The van der Waals surface area contributed by atoms with Crippen LogP contribution >= 0.6 is 11.6 Å². The second kappa shape index (κ2) is 8.74. The first-order valence-corrected chi connectivity index (χ1v) is 10.9. The number of carbonyl (C=O) groups excluding carboxylic acids is 2. The van der Waals surface area contributed by atoms with E-state index in [1.54, 1.807) is 31.2 Å². The fraction of sp³-hybridized carbons (Fsp3) is 0.333. The Morgan fingerprint density at radius 2 is 2.00 bits per heavy atom. The number of hydrogen-bond donors (Lipinski definition) is 1. The molecule has 1 aliphatic rings. The Kier molecular flexibility index (Phi) is 6.02. The lowest BCUT2D eigenvalue weighted by molar-refractivity contribution is -0.129. The van der Waals surface area contributed by atoms with Crippen LogP contribution in [0.4, 0.5) is 0 Å². The highest BCUT2D eigenvalue weighted by Gasteiger charge is 2.45. The molecule has 1 aliphatic heterocycles. The normalized spacial score (nSPS) is 16.4. The van der Waals surface area contributed by atoms with Crippen molar-refractivity contribution in [1.29, 1.82) is 0 Å². The average molecular weight is 458 g/mol. The van der Waals surface area contributed by atoms with E-state index in [1.807, 2.05) is 0 Å². The highest BCUT2D eigenvalue weighted by Crippen LogP contribution is 2.41. The van der Waals surface area contributed by atoms with Gasteiger partial charge in [0.1, 0.15) is 17.6 Å². The van der Waals surface area contributed by atoms with Crippen LogP contribution in [0.25, 0.3) is 11.0 Å². The van der Waals surface area contributed by atoms with E-state index < -0.39 is 23.5 Å². The number of furan rings is 2. The van der Waals surface area contributed by atoms with E-state index >= 15 is 0 Å². The van der Waals surface area contributed by atoms with Gasteiger partial charge in [0.15, 0.2) is 22.9 Å². The second-order valence-electron chi connectivity index (χ2n) is 7.79. The van der Waals surface area contributed by atoms with Gasteiger partial charge in [0.05, 0.1) is 12.7 Å². The predicted molar refractivity (Wildman–Crippen MR) is 119 cm³/mol. The Morgan fingerprint density at radius 3 is 2.66 bits per heavy atom. The summed E-state index contributed by atoms with van der Waals surface area (Å²) in [5, 5.41) is 11.7. The Bertz CT molecular complexity index is 1220. The van der Waals surface area contributed by atoms with Crippen LogP contribution in [0.15, 0.2) is 50.5 Å². The number of ketones is 1. The van der Waals surface area contributed by atoms with Gasteiger partial charge in [-0.25, -0.2) is 0 Å². The van der Waals surface area contributed by atoms with E-state index in [0.717, 1.165) is 19.3 Å². The molecule has 1 aromatic carbocycles. The lowest BCUT2D eigenvalue weighted by Gasteiger charge is -2.24.